The molecule has 0 aliphatic carbocycles. The molecule has 7 heteroatoms. The van der Waals surface area contributed by atoms with Crippen molar-refractivity contribution in [3.63, 3.8) is 0 Å². The van der Waals surface area contributed by atoms with Crippen molar-refractivity contribution < 1.29 is 18.6 Å². The lowest BCUT2D eigenvalue weighted by atomic mass is 10.1. The molecule has 1 aliphatic rings. The number of hydrogen-bond acceptors (Lipinski definition) is 4. The van der Waals surface area contributed by atoms with Crippen molar-refractivity contribution in [3.05, 3.63) is 35.1 Å². The quantitative estimate of drug-likeness (QED) is 0.377. The normalized spacial score (nSPS) is 17.5. The molecule has 2 N–H and O–H groups in total. The van der Waals surface area contributed by atoms with Crippen molar-refractivity contribution in [2.75, 3.05) is 40.0 Å². The number of guanidine groups is 1. The second-order valence-electron chi connectivity index (χ2n) is 6.19. The van der Waals surface area contributed by atoms with Gasteiger partial charge in [0.05, 0.1) is 25.9 Å². The predicted octanol–water partition coefficient (Wildman–Crippen LogP) is 2.22. The fourth-order valence-electron chi connectivity index (χ4n) is 2.68. The Morgan fingerprint density at radius 3 is 3.00 bits per heavy atom. The summed E-state index contributed by atoms with van der Waals surface area (Å²) in [6, 6.07) is 5.01. The predicted molar refractivity (Wildman–Crippen MR) is 99.7 cm³/mol. The highest BCUT2D eigenvalue weighted by molar-refractivity contribution is 5.79. The summed E-state index contributed by atoms with van der Waals surface area (Å²) in [6.45, 7) is 6.53. The van der Waals surface area contributed by atoms with Crippen LogP contribution in [0.5, 0.6) is 0 Å². The lowest BCUT2D eigenvalue weighted by molar-refractivity contribution is 0.0420. The Kier molecular flexibility index (Phi) is 9.38. The number of nitrogens with one attached hydrogen (secondary N) is 2. The van der Waals surface area contributed by atoms with Crippen molar-refractivity contribution in [1.82, 2.24) is 10.6 Å². The first-order valence-electron chi connectivity index (χ1n) is 9.20. The maximum atomic E-state index is 13.7. The van der Waals surface area contributed by atoms with Gasteiger partial charge in [-0.05, 0) is 37.5 Å². The highest BCUT2D eigenvalue weighted by Gasteiger charge is 2.15. The van der Waals surface area contributed by atoms with Crippen molar-refractivity contribution >= 4 is 5.96 Å². The minimum Gasteiger partial charge on any atom is -0.380 e. The third-order valence-electron chi connectivity index (χ3n) is 4.03. The number of halogens is 1. The molecule has 1 aliphatic heterocycles. The van der Waals surface area contributed by atoms with E-state index in [9.17, 15) is 4.39 Å². The van der Waals surface area contributed by atoms with Crippen LogP contribution in [-0.2, 0) is 27.4 Å². The Hall–Kier alpha value is -1.70. The molecule has 26 heavy (non-hydrogen) atoms. The van der Waals surface area contributed by atoms with Gasteiger partial charge in [0.2, 0.25) is 0 Å². The minimum absolute atomic E-state index is 0.247. The molecule has 1 fully saturated rings. The maximum absolute atomic E-state index is 13.7. The van der Waals surface area contributed by atoms with Crippen LogP contribution in [0.4, 0.5) is 4.39 Å². The standard InChI is InChI=1S/C19H30FN3O3/c1-3-21-19(22-8-4-9-26-17-7-10-25-14-17)23-12-15-5-6-18(20)16(11-15)13-24-2/h5-6,11,17H,3-4,7-10,12-14H2,1-2H3,(H2,21,22,23). The molecule has 146 valence electrons. The third-order valence-corrected chi connectivity index (χ3v) is 4.03. The van der Waals surface area contributed by atoms with Gasteiger partial charge in [-0.2, -0.15) is 0 Å². The number of ether oxygens (including phenoxy) is 3. The van der Waals surface area contributed by atoms with Gasteiger partial charge in [0.1, 0.15) is 5.82 Å². The Morgan fingerprint density at radius 2 is 2.27 bits per heavy atom. The molecule has 1 aromatic carbocycles. The molecular weight excluding hydrogens is 337 g/mol. The van der Waals surface area contributed by atoms with Crippen LogP contribution >= 0.6 is 0 Å². The van der Waals surface area contributed by atoms with Gasteiger partial charge in [0, 0.05) is 39.0 Å². The van der Waals surface area contributed by atoms with Crippen LogP contribution in [0.2, 0.25) is 0 Å². The number of benzene rings is 1. The molecule has 6 nitrogen and oxygen atoms in total. The molecular formula is C19H30FN3O3. The van der Waals surface area contributed by atoms with Crippen molar-refractivity contribution in [3.8, 4) is 0 Å². The van der Waals surface area contributed by atoms with E-state index in [1.807, 2.05) is 6.92 Å². The molecule has 2 rings (SSSR count). The fourth-order valence-corrected chi connectivity index (χ4v) is 2.68. The fraction of sp³-hybridized carbons (Fsp3) is 0.632. The highest BCUT2D eigenvalue weighted by atomic mass is 19.1. The first kappa shape index (κ1) is 20.6. The minimum atomic E-state index is -0.253. The smallest absolute Gasteiger partial charge is 0.191 e. The first-order valence-corrected chi connectivity index (χ1v) is 9.20. The Balaban J connectivity index is 1.77. The van der Waals surface area contributed by atoms with Crippen molar-refractivity contribution in [2.24, 2.45) is 4.99 Å². The number of methoxy groups -OCH3 is 1. The van der Waals surface area contributed by atoms with Crippen LogP contribution in [0.1, 0.15) is 30.9 Å². The van der Waals surface area contributed by atoms with Gasteiger partial charge in [-0.25, -0.2) is 9.38 Å². The topological polar surface area (TPSA) is 64.1 Å². The zero-order valence-electron chi connectivity index (χ0n) is 15.7. The molecule has 0 amide bonds. The van der Waals surface area contributed by atoms with Crippen LogP contribution in [0.15, 0.2) is 23.2 Å². The second kappa shape index (κ2) is 11.8. The molecule has 1 heterocycles. The Morgan fingerprint density at radius 1 is 1.38 bits per heavy atom. The van der Waals surface area contributed by atoms with E-state index >= 15 is 0 Å². The average molecular weight is 367 g/mol. The molecule has 1 aromatic rings. The van der Waals surface area contributed by atoms with Crippen LogP contribution in [-0.4, -0.2) is 52.1 Å². The SMILES string of the molecule is CCNC(=NCc1ccc(F)c(COC)c1)NCCCOC1CCOC1. The van der Waals surface area contributed by atoms with Gasteiger partial charge in [-0.15, -0.1) is 0 Å². The number of rotatable bonds is 10. The summed E-state index contributed by atoms with van der Waals surface area (Å²) in [5, 5.41) is 6.51. The van der Waals surface area contributed by atoms with Crippen LogP contribution in [0, 0.1) is 5.82 Å². The molecule has 1 saturated heterocycles. The van der Waals surface area contributed by atoms with Gasteiger partial charge >= 0.3 is 0 Å². The van der Waals surface area contributed by atoms with Crippen molar-refractivity contribution in [1.29, 1.82) is 0 Å². The number of nitrogens with zero attached hydrogens (tertiary/aromatic N) is 1. The monoisotopic (exact) mass is 367 g/mol. The van der Waals surface area contributed by atoms with E-state index in [0.29, 0.717) is 25.3 Å². The summed E-state index contributed by atoms with van der Waals surface area (Å²) in [6.07, 6.45) is 2.13. The summed E-state index contributed by atoms with van der Waals surface area (Å²) in [7, 11) is 1.56. The van der Waals surface area contributed by atoms with E-state index in [0.717, 1.165) is 44.1 Å². The molecule has 1 unspecified atom stereocenters. The largest absolute Gasteiger partial charge is 0.380 e. The Bertz CT molecular complexity index is 563. The number of hydrogen-bond donors (Lipinski definition) is 2. The first-order chi connectivity index (χ1) is 12.7. The van der Waals surface area contributed by atoms with E-state index in [4.69, 9.17) is 14.2 Å². The van der Waals surface area contributed by atoms with Gasteiger partial charge in [0.25, 0.3) is 0 Å². The molecule has 0 bridgehead atoms. The lowest BCUT2D eigenvalue weighted by Crippen LogP contribution is -2.38. The maximum Gasteiger partial charge on any atom is 0.191 e. The van der Waals surface area contributed by atoms with E-state index in [1.54, 1.807) is 19.2 Å². The van der Waals surface area contributed by atoms with Gasteiger partial charge in [-0.1, -0.05) is 6.07 Å². The van der Waals surface area contributed by atoms with E-state index in [-0.39, 0.29) is 18.5 Å². The van der Waals surface area contributed by atoms with Crippen LogP contribution in [0.25, 0.3) is 0 Å². The van der Waals surface area contributed by atoms with Gasteiger partial charge < -0.3 is 24.8 Å². The summed E-state index contributed by atoms with van der Waals surface area (Å²) in [5.74, 6) is 0.492. The highest BCUT2D eigenvalue weighted by Crippen LogP contribution is 2.12. The summed E-state index contributed by atoms with van der Waals surface area (Å²) in [5.41, 5.74) is 1.49. The van der Waals surface area contributed by atoms with E-state index in [1.165, 1.54) is 6.07 Å². The lowest BCUT2D eigenvalue weighted by Gasteiger charge is -2.13. The third kappa shape index (κ3) is 7.27. The molecule has 1 atom stereocenters. The van der Waals surface area contributed by atoms with Gasteiger partial charge in [-0.3, -0.25) is 0 Å². The molecule has 0 spiro atoms. The van der Waals surface area contributed by atoms with Gasteiger partial charge in [0.15, 0.2) is 5.96 Å². The molecule has 0 aromatic heterocycles. The Labute approximate surface area is 155 Å². The molecule has 0 saturated carbocycles. The summed E-state index contributed by atoms with van der Waals surface area (Å²) in [4.78, 5) is 4.56. The summed E-state index contributed by atoms with van der Waals surface area (Å²) >= 11 is 0. The summed E-state index contributed by atoms with van der Waals surface area (Å²) < 4.78 is 29.7. The van der Waals surface area contributed by atoms with E-state index < -0.39 is 0 Å². The average Bonchev–Trinajstić information content (AvgIpc) is 3.15. The number of aliphatic imine (C=N–C) groups is 1. The van der Waals surface area contributed by atoms with Crippen LogP contribution < -0.4 is 10.6 Å². The van der Waals surface area contributed by atoms with Crippen molar-refractivity contribution in [2.45, 2.75) is 39.0 Å². The zero-order valence-corrected chi connectivity index (χ0v) is 15.7. The molecule has 0 radical (unpaired) electrons. The second-order valence-corrected chi connectivity index (χ2v) is 6.19. The van der Waals surface area contributed by atoms with E-state index in [2.05, 4.69) is 15.6 Å². The zero-order chi connectivity index (χ0) is 18.6. The van der Waals surface area contributed by atoms with Crippen LogP contribution in [0.3, 0.4) is 0 Å².